The molecule has 0 aromatic rings. The van der Waals surface area contributed by atoms with Crippen molar-refractivity contribution < 1.29 is 144 Å². The van der Waals surface area contributed by atoms with Gasteiger partial charge in [0.1, 0.15) is 97.7 Å². The lowest BCUT2D eigenvalue weighted by molar-refractivity contribution is -0.356. The summed E-state index contributed by atoms with van der Waals surface area (Å²) < 4.78 is 56.9. The van der Waals surface area contributed by atoms with Gasteiger partial charge >= 0.3 is 0 Å². The quantitative estimate of drug-likeness (QED) is 0.0479. The standard InChI is InChI=1S/C44H80N6O29/c1-2-3-12(57)11(34(65)44(10-56)36(67)29(64)23(50)42(79-44)77-33-16(8-54)73-40(21(48)27(33)62)75-31-14(6-52)71-38(69)19(46)25(31)60)4-17(58)43(9-55)35(66)28(63)22(49)41(78-43)76-32-15(7-53)72-39(20(47)26(32)61)74-30-13(5-51)70-37(68)18(45)24(30)59/h11-16,18-33,35-42,51-57,59-64,66-69H,2-10,45-50H2,1H3/t11?,12?,13-,14-,15-,16-,18-,19-,20-,21-,22-,23-,24-,25-,26-,27-,28-,29-,30?,31?,32?,33?,35+,36+,37-,38-,39+,40+,41+,42+,43+,44+/m1/s1. The van der Waals surface area contributed by atoms with Gasteiger partial charge in [-0.05, 0) is 6.42 Å². The van der Waals surface area contributed by atoms with Crippen LogP contribution in [0, 0.1) is 5.92 Å². The van der Waals surface area contributed by atoms with Gasteiger partial charge in [-0.2, -0.15) is 0 Å². The van der Waals surface area contributed by atoms with E-state index in [1.54, 1.807) is 6.92 Å². The molecule has 0 amide bonds. The minimum absolute atomic E-state index is 0.0937. The fourth-order valence-electron chi connectivity index (χ4n) is 10.6. The van der Waals surface area contributed by atoms with E-state index in [1.165, 1.54) is 0 Å². The number of Topliss-reactive ketones (excluding diaryl/α,β-unsaturated/α-hetero) is 2. The van der Waals surface area contributed by atoms with Gasteiger partial charge in [-0.15, -0.1) is 0 Å². The molecule has 6 saturated heterocycles. The van der Waals surface area contributed by atoms with Crippen molar-refractivity contribution in [1.29, 1.82) is 0 Å². The van der Waals surface area contributed by atoms with Gasteiger partial charge in [0.05, 0.1) is 87.9 Å². The van der Waals surface area contributed by atoms with Crippen LogP contribution in [-0.2, 0) is 57.0 Å². The summed E-state index contributed by atoms with van der Waals surface area (Å²) in [5.41, 5.74) is 30.4. The second kappa shape index (κ2) is 27.4. The predicted octanol–water partition coefficient (Wildman–Crippen LogP) is -15.3. The van der Waals surface area contributed by atoms with E-state index in [2.05, 4.69) is 0 Å². The molecule has 0 aromatic heterocycles. The number of carbonyl (C=O) groups is 2. The van der Waals surface area contributed by atoms with E-state index in [0.717, 1.165) is 0 Å². The number of aliphatic hydroxyl groups is 17. The molecular formula is C44H80N6O29. The van der Waals surface area contributed by atoms with Crippen LogP contribution in [0.2, 0.25) is 0 Å². The molecule has 0 spiro atoms. The fraction of sp³-hybridized carbons (Fsp3) is 0.955. The molecule has 6 unspecified atom stereocenters. The first-order chi connectivity index (χ1) is 37.2. The highest BCUT2D eigenvalue weighted by atomic mass is 16.8. The molecule has 6 aliphatic rings. The van der Waals surface area contributed by atoms with E-state index in [9.17, 15) is 96.4 Å². The smallest absolute Gasteiger partial charge is 0.181 e. The molecule has 32 atom stereocenters. The first-order valence-corrected chi connectivity index (χ1v) is 25.5. The van der Waals surface area contributed by atoms with E-state index in [4.69, 9.17) is 81.8 Å². The van der Waals surface area contributed by atoms with Crippen LogP contribution in [0.5, 0.6) is 0 Å². The fourth-order valence-corrected chi connectivity index (χ4v) is 10.6. The first-order valence-electron chi connectivity index (χ1n) is 25.5. The lowest BCUT2D eigenvalue weighted by Crippen LogP contribution is -2.74. The number of carbonyl (C=O) groups excluding carboxylic acids is 2. The van der Waals surface area contributed by atoms with Crippen molar-refractivity contribution in [2.24, 2.45) is 40.3 Å². The van der Waals surface area contributed by atoms with Gasteiger partial charge in [0.15, 0.2) is 60.5 Å². The van der Waals surface area contributed by atoms with Crippen LogP contribution in [0.15, 0.2) is 0 Å². The summed E-state index contributed by atoms with van der Waals surface area (Å²) in [5.74, 6) is -5.17. The van der Waals surface area contributed by atoms with E-state index < -0.39 is 253 Å². The van der Waals surface area contributed by atoms with Crippen LogP contribution in [0.1, 0.15) is 26.2 Å². The van der Waals surface area contributed by atoms with E-state index in [1.807, 2.05) is 0 Å². The third kappa shape index (κ3) is 12.7. The SMILES string of the molecule is CCCC(O)C(CC(=O)[C@]1(CO)O[C@H](OC2[C@@H](CO)O[C@@H](OC3[C@@H](CO)O[C@@H](O)[C@H](N)[C@H]3O)[C@H](N)[C@H]2O)[C@H](N)[C@@H](O)[C@@H]1O)C(=O)[C@]1(CO)O[C@H](OC2[C@@H](CO)O[C@@H](OC3[C@@H](CO)O[C@@H](O)[C@H](N)[C@H]3O)[C@H](N)[C@H]2O)[C@H](N)[C@@H](O)[C@@H]1O. The van der Waals surface area contributed by atoms with Crippen molar-refractivity contribution in [2.75, 3.05) is 39.6 Å². The van der Waals surface area contributed by atoms with Crippen LogP contribution in [0.3, 0.4) is 0 Å². The molecule has 0 bridgehead atoms. The number of ether oxygens (including phenoxy) is 10. The van der Waals surface area contributed by atoms with Crippen LogP contribution < -0.4 is 34.4 Å². The third-order valence-corrected chi connectivity index (χ3v) is 15.6. The maximum atomic E-state index is 15.0. The number of nitrogens with two attached hydrogens (primary N) is 6. The molecule has 35 heteroatoms. The summed E-state index contributed by atoms with van der Waals surface area (Å²) in [6, 6.07) is -9.98. The molecule has 0 radical (unpaired) electrons. The molecule has 79 heavy (non-hydrogen) atoms. The van der Waals surface area contributed by atoms with Crippen LogP contribution in [-0.4, -0.2) is 327 Å². The molecule has 6 aliphatic heterocycles. The van der Waals surface area contributed by atoms with Crippen LogP contribution >= 0.6 is 0 Å². The summed E-state index contributed by atoms with van der Waals surface area (Å²) in [6.07, 6.45) is -44.4. The van der Waals surface area contributed by atoms with E-state index in [0.29, 0.717) is 0 Å². The molecule has 0 saturated carbocycles. The Morgan fingerprint density at radius 2 is 0.785 bits per heavy atom. The maximum absolute atomic E-state index is 15.0. The maximum Gasteiger partial charge on any atom is 0.181 e. The van der Waals surface area contributed by atoms with E-state index in [-0.39, 0.29) is 12.8 Å². The zero-order valence-electron chi connectivity index (χ0n) is 42.7. The zero-order chi connectivity index (χ0) is 58.9. The first kappa shape index (κ1) is 66.2. The molecular weight excluding hydrogens is 1080 g/mol. The molecule has 29 N–H and O–H groups in total. The predicted molar refractivity (Wildman–Crippen MR) is 251 cm³/mol. The molecule has 6 rings (SSSR count). The molecule has 35 nitrogen and oxygen atoms in total. The largest absolute Gasteiger partial charge is 0.394 e. The van der Waals surface area contributed by atoms with Crippen molar-refractivity contribution in [2.45, 2.75) is 215 Å². The minimum atomic E-state index is -3.11. The average Bonchev–Trinajstić information content (AvgIpc) is 3.61. The van der Waals surface area contributed by atoms with Crippen LogP contribution in [0.25, 0.3) is 0 Å². The number of aliphatic hydroxyl groups excluding tert-OH is 17. The van der Waals surface area contributed by atoms with Crippen LogP contribution in [0.4, 0.5) is 0 Å². The van der Waals surface area contributed by atoms with Gasteiger partial charge in [0.2, 0.25) is 0 Å². The van der Waals surface area contributed by atoms with Gasteiger partial charge in [0.25, 0.3) is 0 Å². The highest BCUT2D eigenvalue weighted by Gasteiger charge is 2.64. The van der Waals surface area contributed by atoms with Crippen molar-refractivity contribution >= 4 is 11.6 Å². The second-order valence-corrected chi connectivity index (χ2v) is 20.7. The van der Waals surface area contributed by atoms with E-state index >= 15 is 0 Å². The monoisotopic (exact) mass is 1160 g/mol. The van der Waals surface area contributed by atoms with Gasteiger partial charge < -0.3 is 169 Å². The molecule has 6 fully saturated rings. The van der Waals surface area contributed by atoms with Crippen molar-refractivity contribution in [3.8, 4) is 0 Å². The van der Waals surface area contributed by atoms with Crippen molar-refractivity contribution in [3.05, 3.63) is 0 Å². The summed E-state index contributed by atoms with van der Waals surface area (Å²) in [7, 11) is 0. The lowest BCUT2D eigenvalue weighted by Gasteiger charge is -2.51. The molecule has 0 aliphatic carbocycles. The lowest BCUT2D eigenvalue weighted by atomic mass is 9.73. The van der Waals surface area contributed by atoms with Gasteiger partial charge in [-0.25, -0.2) is 0 Å². The van der Waals surface area contributed by atoms with Crippen molar-refractivity contribution in [1.82, 2.24) is 0 Å². The highest BCUT2D eigenvalue weighted by molar-refractivity contribution is 5.97. The highest BCUT2D eigenvalue weighted by Crippen LogP contribution is 2.41. The Morgan fingerprint density at radius 1 is 0.468 bits per heavy atom. The molecule has 0 aromatic carbocycles. The number of ketones is 2. The van der Waals surface area contributed by atoms with Gasteiger partial charge in [-0.1, -0.05) is 13.3 Å². The topological polar surface area (TPSA) is 626 Å². The second-order valence-electron chi connectivity index (χ2n) is 20.7. The molecule has 6 heterocycles. The zero-order valence-corrected chi connectivity index (χ0v) is 42.7. The molecule has 460 valence electrons. The van der Waals surface area contributed by atoms with Gasteiger partial charge in [-0.3, -0.25) is 9.59 Å². The summed E-state index contributed by atoms with van der Waals surface area (Å²) in [6.45, 7) is -5.18. The Kier molecular flexibility index (Phi) is 22.9. The number of hydrogen-bond acceptors (Lipinski definition) is 35. The Balaban J connectivity index is 1.22. The Labute approximate surface area is 449 Å². The Bertz CT molecular complexity index is 1960. The summed E-state index contributed by atoms with van der Waals surface area (Å²) >= 11 is 0. The summed E-state index contributed by atoms with van der Waals surface area (Å²) in [5, 5.41) is 184. The minimum Gasteiger partial charge on any atom is -0.394 e. The Hall–Kier alpha value is -1.98. The Morgan fingerprint density at radius 3 is 1.14 bits per heavy atom. The average molecular weight is 1160 g/mol. The number of hydrogen-bond donors (Lipinski definition) is 23. The summed E-state index contributed by atoms with van der Waals surface area (Å²) in [4.78, 5) is 29.7. The third-order valence-electron chi connectivity index (χ3n) is 15.6. The number of rotatable bonds is 22. The van der Waals surface area contributed by atoms with Gasteiger partial charge in [0, 0.05) is 6.42 Å². The van der Waals surface area contributed by atoms with Crippen molar-refractivity contribution in [3.63, 3.8) is 0 Å². The normalized spacial score (nSPS) is 49.7.